The van der Waals surface area contributed by atoms with Crippen LogP contribution in [-0.2, 0) is 0 Å². The third kappa shape index (κ3) is 3.98. The molecule has 0 spiro atoms. The van der Waals surface area contributed by atoms with E-state index >= 15 is 0 Å². The van der Waals surface area contributed by atoms with Crippen LogP contribution in [0.4, 0.5) is 10.5 Å². The quantitative estimate of drug-likeness (QED) is 0.809. The number of amides is 2. The van der Waals surface area contributed by atoms with Gasteiger partial charge in [-0.25, -0.2) is 4.79 Å². The number of nitrogens with one attached hydrogen (secondary N) is 2. The van der Waals surface area contributed by atoms with E-state index in [0.717, 1.165) is 5.56 Å². The van der Waals surface area contributed by atoms with Crippen LogP contribution in [0.15, 0.2) is 54.6 Å². The zero-order chi connectivity index (χ0) is 14.4. The largest absolute Gasteiger partial charge is 0.336 e. The average molecular weight is 290 g/mol. The molecule has 0 aliphatic rings. The second-order valence-electron chi connectivity index (χ2n) is 4.33. The summed E-state index contributed by atoms with van der Waals surface area (Å²) in [6.07, 6.45) is 0. The highest BCUT2D eigenvalue weighted by Gasteiger charge is 2.08. The maximum Gasteiger partial charge on any atom is 0.319 e. The number of carbonyl (C=O) groups is 1. The molecule has 2 amide bonds. The van der Waals surface area contributed by atoms with Crippen LogP contribution in [0.3, 0.4) is 0 Å². The van der Waals surface area contributed by atoms with Crippen LogP contribution in [-0.4, -0.2) is 12.6 Å². The van der Waals surface area contributed by atoms with Crippen molar-refractivity contribution in [2.45, 2.75) is 6.04 Å². The van der Waals surface area contributed by atoms with Crippen molar-refractivity contribution in [3.63, 3.8) is 0 Å². The molecule has 4 nitrogen and oxygen atoms in total. The summed E-state index contributed by atoms with van der Waals surface area (Å²) in [4.78, 5) is 11.8. The molecule has 1 unspecified atom stereocenters. The van der Waals surface area contributed by atoms with E-state index < -0.39 is 0 Å². The predicted octanol–water partition coefficient (Wildman–Crippen LogP) is 3.16. The van der Waals surface area contributed by atoms with Crippen molar-refractivity contribution in [1.82, 2.24) is 5.32 Å². The lowest BCUT2D eigenvalue weighted by atomic mass is 10.1. The van der Waals surface area contributed by atoms with Crippen molar-refractivity contribution in [3.05, 3.63) is 65.2 Å². The number of hydrogen-bond acceptors (Lipinski definition) is 2. The Labute approximate surface area is 122 Å². The topological polar surface area (TPSA) is 67.1 Å². The summed E-state index contributed by atoms with van der Waals surface area (Å²) in [7, 11) is 0. The number of urea groups is 1. The number of rotatable bonds is 4. The summed E-state index contributed by atoms with van der Waals surface area (Å²) in [6, 6.07) is 16.1. The second kappa shape index (κ2) is 6.93. The van der Waals surface area contributed by atoms with Gasteiger partial charge in [0.2, 0.25) is 0 Å². The van der Waals surface area contributed by atoms with Crippen LogP contribution >= 0.6 is 11.6 Å². The Morgan fingerprint density at radius 1 is 1.10 bits per heavy atom. The van der Waals surface area contributed by atoms with Crippen LogP contribution in [0, 0.1) is 0 Å². The van der Waals surface area contributed by atoms with E-state index in [1.165, 1.54) is 0 Å². The monoisotopic (exact) mass is 289 g/mol. The molecule has 2 aromatic carbocycles. The van der Waals surface area contributed by atoms with Gasteiger partial charge >= 0.3 is 6.03 Å². The molecule has 0 heterocycles. The van der Waals surface area contributed by atoms with Gasteiger partial charge in [-0.15, -0.1) is 0 Å². The van der Waals surface area contributed by atoms with E-state index in [-0.39, 0.29) is 12.1 Å². The Balaban J connectivity index is 1.85. The zero-order valence-corrected chi connectivity index (χ0v) is 11.6. The Hall–Kier alpha value is -2.04. The number of para-hydroxylation sites is 1. The van der Waals surface area contributed by atoms with Gasteiger partial charge < -0.3 is 16.4 Å². The molecule has 2 rings (SSSR count). The summed E-state index contributed by atoms with van der Waals surface area (Å²) >= 11 is 5.96. The third-order valence-corrected chi connectivity index (χ3v) is 3.16. The fourth-order valence-electron chi connectivity index (χ4n) is 1.75. The van der Waals surface area contributed by atoms with Crippen LogP contribution < -0.4 is 16.4 Å². The van der Waals surface area contributed by atoms with E-state index in [1.54, 1.807) is 24.3 Å². The van der Waals surface area contributed by atoms with Crippen molar-refractivity contribution in [2.75, 3.05) is 11.9 Å². The molecule has 0 fully saturated rings. The van der Waals surface area contributed by atoms with Gasteiger partial charge in [-0.2, -0.15) is 0 Å². The standard InChI is InChI=1S/C15H16ClN3O/c16-12-8-4-5-9-14(12)19-15(20)18-10-13(17)11-6-2-1-3-7-11/h1-9,13H,10,17H2,(H2,18,19,20). The van der Waals surface area contributed by atoms with Gasteiger partial charge in [0.1, 0.15) is 0 Å². The van der Waals surface area contributed by atoms with Crippen LogP contribution in [0.25, 0.3) is 0 Å². The second-order valence-corrected chi connectivity index (χ2v) is 4.74. The number of benzene rings is 2. The normalized spacial score (nSPS) is 11.7. The summed E-state index contributed by atoms with van der Waals surface area (Å²) in [5.74, 6) is 0. The van der Waals surface area contributed by atoms with Crippen molar-refractivity contribution >= 4 is 23.3 Å². The molecule has 0 radical (unpaired) electrons. The summed E-state index contributed by atoms with van der Waals surface area (Å²) in [6.45, 7) is 0.348. The minimum atomic E-state index is -0.329. The Morgan fingerprint density at radius 3 is 2.45 bits per heavy atom. The maximum atomic E-state index is 11.8. The van der Waals surface area contributed by atoms with Gasteiger partial charge in [0, 0.05) is 12.6 Å². The van der Waals surface area contributed by atoms with E-state index in [1.807, 2.05) is 30.3 Å². The molecule has 5 heteroatoms. The first kappa shape index (κ1) is 14.4. The summed E-state index contributed by atoms with van der Waals surface area (Å²) in [5, 5.41) is 5.90. The fourth-order valence-corrected chi connectivity index (χ4v) is 1.93. The molecule has 0 aliphatic carbocycles. The Morgan fingerprint density at radius 2 is 1.75 bits per heavy atom. The lowest BCUT2D eigenvalue weighted by Crippen LogP contribution is -2.35. The summed E-state index contributed by atoms with van der Waals surface area (Å²) in [5.41, 5.74) is 7.54. The predicted molar refractivity (Wildman–Crippen MR) is 81.8 cm³/mol. The van der Waals surface area contributed by atoms with Gasteiger partial charge in [-0.3, -0.25) is 0 Å². The minimum Gasteiger partial charge on any atom is -0.336 e. The molecule has 0 aromatic heterocycles. The molecule has 0 saturated carbocycles. The van der Waals surface area contributed by atoms with Crippen LogP contribution in [0.1, 0.15) is 11.6 Å². The molecule has 20 heavy (non-hydrogen) atoms. The van der Waals surface area contributed by atoms with E-state index in [4.69, 9.17) is 17.3 Å². The smallest absolute Gasteiger partial charge is 0.319 e. The molecule has 0 saturated heterocycles. The highest BCUT2D eigenvalue weighted by Crippen LogP contribution is 2.20. The fraction of sp³-hybridized carbons (Fsp3) is 0.133. The van der Waals surface area contributed by atoms with Crippen molar-refractivity contribution < 1.29 is 4.79 Å². The lowest BCUT2D eigenvalue weighted by molar-refractivity contribution is 0.251. The number of hydrogen-bond donors (Lipinski definition) is 3. The van der Waals surface area contributed by atoms with Crippen molar-refractivity contribution in [2.24, 2.45) is 5.73 Å². The van der Waals surface area contributed by atoms with E-state index in [2.05, 4.69) is 10.6 Å². The van der Waals surface area contributed by atoms with Crippen LogP contribution in [0.2, 0.25) is 5.02 Å². The summed E-state index contributed by atoms with van der Waals surface area (Å²) < 4.78 is 0. The molecule has 4 N–H and O–H groups in total. The van der Waals surface area contributed by atoms with Gasteiger partial charge in [0.15, 0.2) is 0 Å². The Bertz CT molecular complexity index is 574. The Kier molecular flexibility index (Phi) is 4.98. The van der Waals surface area contributed by atoms with Gasteiger partial charge in [-0.1, -0.05) is 54.1 Å². The third-order valence-electron chi connectivity index (χ3n) is 2.83. The lowest BCUT2D eigenvalue weighted by Gasteiger charge is -2.14. The molecule has 1 atom stereocenters. The van der Waals surface area contributed by atoms with Gasteiger partial charge in [0.25, 0.3) is 0 Å². The number of carbonyl (C=O) groups excluding carboxylic acids is 1. The number of nitrogens with two attached hydrogens (primary N) is 1. The SMILES string of the molecule is NC(CNC(=O)Nc1ccccc1Cl)c1ccccc1. The van der Waals surface area contributed by atoms with Gasteiger partial charge in [-0.05, 0) is 17.7 Å². The van der Waals surface area contributed by atoms with Crippen LogP contribution in [0.5, 0.6) is 0 Å². The van der Waals surface area contributed by atoms with Crippen molar-refractivity contribution in [1.29, 1.82) is 0 Å². The molecule has 0 bridgehead atoms. The minimum absolute atomic E-state index is 0.242. The maximum absolute atomic E-state index is 11.8. The molecule has 104 valence electrons. The number of halogens is 1. The highest BCUT2D eigenvalue weighted by molar-refractivity contribution is 6.33. The average Bonchev–Trinajstić information content (AvgIpc) is 2.48. The highest BCUT2D eigenvalue weighted by atomic mass is 35.5. The van der Waals surface area contributed by atoms with E-state index in [0.29, 0.717) is 17.3 Å². The molecule has 0 aliphatic heterocycles. The van der Waals surface area contributed by atoms with Crippen molar-refractivity contribution in [3.8, 4) is 0 Å². The van der Waals surface area contributed by atoms with Gasteiger partial charge in [0.05, 0.1) is 10.7 Å². The number of anilines is 1. The first-order chi connectivity index (χ1) is 9.66. The molecular weight excluding hydrogens is 274 g/mol. The first-order valence-electron chi connectivity index (χ1n) is 6.26. The first-order valence-corrected chi connectivity index (χ1v) is 6.64. The molecular formula is C15H16ClN3O. The molecule has 2 aromatic rings. The van der Waals surface area contributed by atoms with E-state index in [9.17, 15) is 4.79 Å². The zero-order valence-electron chi connectivity index (χ0n) is 10.8.